The van der Waals surface area contributed by atoms with Gasteiger partial charge in [0.15, 0.2) is 0 Å². The average molecular weight is 430 g/mol. The first kappa shape index (κ1) is 19.6. The molecule has 0 fully saturated rings. The Morgan fingerprint density at radius 3 is 2.55 bits per heavy atom. The van der Waals surface area contributed by atoms with Crippen LogP contribution >= 0.6 is 11.3 Å². The maximum absolute atomic E-state index is 5.75. The molecule has 0 N–H and O–H groups in total. The lowest BCUT2D eigenvalue weighted by molar-refractivity contribution is 0.415. The number of furan rings is 1. The first-order valence-corrected chi connectivity index (χ1v) is 11.1. The largest absolute Gasteiger partial charge is 0.497 e. The van der Waals surface area contributed by atoms with E-state index in [2.05, 4.69) is 37.4 Å². The predicted octanol–water partition coefficient (Wildman–Crippen LogP) is 6.38. The van der Waals surface area contributed by atoms with Crippen molar-refractivity contribution >= 4 is 22.2 Å². The van der Waals surface area contributed by atoms with Crippen molar-refractivity contribution < 1.29 is 9.15 Å². The second-order valence-corrected chi connectivity index (χ2v) is 8.51. The average Bonchev–Trinajstić information content (AvgIpc) is 3.55. The fraction of sp³-hybridized carbons (Fsp3) is 0.200. The number of aromatic nitrogens is 1. The van der Waals surface area contributed by atoms with Gasteiger partial charge < -0.3 is 9.15 Å². The Morgan fingerprint density at radius 2 is 1.84 bits per heavy atom. The van der Waals surface area contributed by atoms with Crippen molar-refractivity contribution in [3.05, 3.63) is 88.7 Å². The molecule has 5 nitrogen and oxygen atoms in total. The summed E-state index contributed by atoms with van der Waals surface area (Å²) in [5.74, 6) is 1.72. The lowest BCUT2D eigenvalue weighted by atomic mass is 10.0. The molecule has 5 rings (SSSR count). The number of ether oxygens (including phenoxy) is 1. The second kappa shape index (κ2) is 8.04. The van der Waals surface area contributed by atoms with Gasteiger partial charge in [-0.1, -0.05) is 12.1 Å². The molecule has 0 aliphatic carbocycles. The molecule has 1 atom stereocenters. The van der Waals surface area contributed by atoms with Crippen LogP contribution in [0.3, 0.4) is 0 Å². The van der Waals surface area contributed by atoms with Crippen LogP contribution in [0.2, 0.25) is 0 Å². The van der Waals surface area contributed by atoms with Crippen molar-refractivity contribution in [3.8, 4) is 17.0 Å². The predicted molar refractivity (Wildman–Crippen MR) is 125 cm³/mol. The van der Waals surface area contributed by atoms with Crippen molar-refractivity contribution in [2.24, 2.45) is 5.10 Å². The minimum Gasteiger partial charge on any atom is -0.497 e. The summed E-state index contributed by atoms with van der Waals surface area (Å²) in [6, 6.07) is 18.4. The Labute approximate surface area is 185 Å². The van der Waals surface area contributed by atoms with Crippen LogP contribution in [0.5, 0.6) is 5.75 Å². The number of thiazole rings is 1. The van der Waals surface area contributed by atoms with Crippen LogP contribution in [0, 0.1) is 13.8 Å². The van der Waals surface area contributed by atoms with E-state index in [4.69, 9.17) is 19.2 Å². The summed E-state index contributed by atoms with van der Waals surface area (Å²) in [7, 11) is 1.67. The van der Waals surface area contributed by atoms with Crippen molar-refractivity contribution in [1.82, 2.24) is 4.98 Å². The molecule has 0 bridgehead atoms. The summed E-state index contributed by atoms with van der Waals surface area (Å²) in [4.78, 5) is 4.92. The van der Waals surface area contributed by atoms with Gasteiger partial charge in [-0.3, -0.25) is 0 Å². The molecule has 156 valence electrons. The summed E-state index contributed by atoms with van der Waals surface area (Å²) in [6.45, 7) is 4.25. The monoisotopic (exact) mass is 429 g/mol. The van der Waals surface area contributed by atoms with Gasteiger partial charge in [0, 0.05) is 17.4 Å². The number of hydrazone groups is 1. The maximum Gasteiger partial charge on any atom is 0.207 e. The minimum absolute atomic E-state index is 0.0224. The van der Waals surface area contributed by atoms with E-state index in [1.165, 1.54) is 11.1 Å². The molecule has 1 aliphatic heterocycles. The molecular weight excluding hydrogens is 406 g/mol. The molecule has 6 heteroatoms. The van der Waals surface area contributed by atoms with Crippen molar-refractivity contribution in [1.29, 1.82) is 0 Å². The lowest BCUT2D eigenvalue weighted by Crippen LogP contribution is -2.17. The first-order valence-electron chi connectivity index (χ1n) is 10.2. The molecule has 0 saturated carbocycles. The SMILES string of the molecule is COc1ccc(C2=NN(c3nc(-c4ccc(C)c(C)c4)cs3)C(c3ccco3)C2)cc1. The number of hydrogen-bond acceptors (Lipinski definition) is 6. The van der Waals surface area contributed by atoms with Gasteiger partial charge in [-0.25, -0.2) is 9.99 Å². The number of aryl methyl sites for hydroxylation is 2. The number of anilines is 1. The highest BCUT2D eigenvalue weighted by molar-refractivity contribution is 7.14. The first-order chi connectivity index (χ1) is 15.1. The molecule has 31 heavy (non-hydrogen) atoms. The van der Waals surface area contributed by atoms with Crippen LogP contribution in [0.15, 0.2) is 75.8 Å². The fourth-order valence-electron chi connectivity index (χ4n) is 3.75. The molecular formula is C25H23N3O2S. The molecule has 0 saturated heterocycles. The summed E-state index contributed by atoms with van der Waals surface area (Å²) in [5.41, 5.74) is 6.72. The molecule has 3 heterocycles. The number of hydrogen-bond donors (Lipinski definition) is 0. The summed E-state index contributed by atoms with van der Waals surface area (Å²) in [5, 5.41) is 9.91. The number of nitrogens with zero attached hydrogens (tertiary/aromatic N) is 3. The Morgan fingerprint density at radius 1 is 1.03 bits per heavy atom. The third-order valence-electron chi connectivity index (χ3n) is 5.70. The molecule has 1 aliphatic rings. The van der Waals surface area contributed by atoms with Crippen molar-refractivity contribution in [2.75, 3.05) is 12.1 Å². The van der Waals surface area contributed by atoms with Gasteiger partial charge in [0.25, 0.3) is 0 Å². The van der Waals surface area contributed by atoms with Gasteiger partial charge in [-0.15, -0.1) is 11.3 Å². The molecule has 0 amide bonds. The highest BCUT2D eigenvalue weighted by Crippen LogP contribution is 2.39. The second-order valence-electron chi connectivity index (χ2n) is 7.67. The van der Waals surface area contributed by atoms with E-state index in [9.17, 15) is 0 Å². The molecule has 1 unspecified atom stereocenters. The number of rotatable bonds is 5. The van der Waals surface area contributed by atoms with Crippen LogP contribution in [-0.2, 0) is 0 Å². The Kier molecular flexibility index (Phi) is 5.08. The topological polar surface area (TPSA) is 50.9 Å². The fourth-order valence-corrected chi connectivity index (χ4v) is 4.58. The van der Waals surface area contributed by atoms with E-state index in [1.54, 1.807) is 24.7 Å². The molecule has 2 aromatic carbocycles. The zero-order valence-electron chi connectivity index (χ0n) is 17.7. The van der Waals surface area contributed by atoms with E-state index in [-0.39, 0.29) is 6.04 Å². The van der Waals surface area contributed by atoms with Gasteiger partial charge >= 0.3 is 0 Å². The standard InChI is InChI=1S/C25H23N3O2S/c1-16-6-7-19(13-17(16)2)22-15-31-25(26-22)28-23(24-5-4-12-30-24)14-21(27-28)18-8-10-20(29-3)11-9-18/h4-13,15,23H,14H2,1-3H3. The quantitative estimate of drug-likeness (QED) is 0.369. The van der Waals surface area contributed by atoms with Crippen LogP contribution in [0.1, 0.15) is 34.9 Å². The number of benzene rings is 2. The normalized spacial score (nSPS) is 15.9. The highest BCUT2D eigenvalue weighted by Gasteiger charge is 2.33. The van der Waals surface area contributed by atoms with Crippen molar-refractivity contribution in [3.63, 3.8) is 0 Å². The highest BCUT2D eigenvalue weighted by atomic mass is 32.1. The molecule has 0 spiro atoms. The van der Waals surface area contributed by atoms with E-state index in [0.29, 0.717) is 0 Å². The zero-order valence-corrected chi connectivity index (χ0v) is 18.5. The van der Waals surface area contributed by atoms with E-state index in [1.807, 2.05) is 41.4 Å². The van der Waals surface area contributed by atoms with E-state index < -0.39 is 0 Å². The van der Waals surface area contributed by atoms with Crippen LogP contribution < -0.4 is 9.75 Å². The van der Waals surface area contributed by atoms with Crippen LogP contribution in [0.4, 0.5) is 5.13 Å². The Bertz CT molecular complexity index is 1230. The van der Waals surface area contributed by atoms with Crippen LogP contribution in [-0.4, -0.2) is 17.8 Å². The van der Waals surface area contributed by atoms with Gasteiger partial charge in [0.05, 0.1) is 24.8 Å². The Hall–Kier alpha value is -3.38. The van der Waals surface area contributed by atoms with Gasteiger partial charge in [0.2, 0.25) is 5.13 Å². The third-order valence-corrected chi connectivity index (χ3v) is 6.53. The van der Waals surface area contributed by atoms with Gasteiger partial charge in [0.1, 0.15) is 17.6 Å². The smallest absolute Gasteiger partial charge is 0.207 e. The van der Waals surface area contributed by atoms with E-state index >= 15 is 0 Å². The molecule has 0 radical (unpaired) electrons. The van der Waals surface area contributed by atoms with Gasteiger partial charge in [-0.2, -0.15) is 5.10 Å². The molecule has 4 aromatic rings. The summed E-state index contributed by atoms with van der Waals surface area (Å²) in [6.07, 6.45) is 2.46. The van der Waals surface area contributed by atoms with Gasteiger partial charge in [-0.05, 0) is 73.0 Å². The minimum atomic E-state index is -0.0224. The summed E-state index contributed by atoms with van der Waals surface area (Å²) < 4.78 is 11.0. The number of methoxy groups -OCH3 is 1. The van der Waals surface area contributed by atoms with E-state index in [0.717, 1.165) is 45.6 Å². The van der Waals surface area contributed by atoms with Crippen LogP contribution in [0.25, 0.3) is 11.3 Å². The lowest BCUT2D eigenvalue weighted by Gasteiger charge is -2.18. The maximum atomic E-state index is 5.75. The molecule has 2 aromatic heterocycles. The Balaban J connectivity index is 1.50. The summed E-state index contributed by atoms with van der Waals surface area (Å²) >= 11 is 1.60. The van der Waals surface area contributed by atoms with Crippen molar-refractivity contribution in [2.45, 2.75) is 26.3 Å². The third kappa shape index (κ3) is 3.75. The zero-order chi connectivity index (χ0) is 21.4.